The van der Waals surface area contributed by atoms with E-state index in [-0.39, 0.29) is 16.8 Å². The summed E-state index contributed by atoms with van der Waals surface area (Å²) in [5.74, 6) is -2.06. The van der Waals surface area contributed by atoms with E-state index in [9.17, 15) is 35.0 Å². The molecule has 1 aliphatic heterocycles. The zero-order chi connectivity index (χ0) is 21.3. The van der Waals surface area contributed by atoms with Crippen LogP contribution in [0.2, 0.25) is 0 Å². The van der Waals surface area contributed by atoms with Crippen LogP contribution in [0.3, 0.4) is 0 Å². The number of nitro groups is 1. The third-order valence-electron chi connectivity index (χ3n) is 4.35. The second-order valence-electron chi connectivity index (χ2n) is 6.05. The number of aliphatic hydroxyl groups excluding tert-OH is 3. The van der Waals surface area contributed by atoms with Crippen molar-refractivity contribution < 1.29 is 39.3 Å². The van der Waals surface area contributed by atoms with Crippen LogP contribution in [-0.2, 0) is 9.47 Å². The van der Waals surface area contributed by atoms with Crippen molar-refractivity contribution in [1.82, 2.24) is 10.2 Å². The van der Waals surface area contributed by atoms with Gasteiger partial charge in [-0.2, -0.15) is 0 Å². The van der Waals surface area contributed by atoms with Gasteiger partial charge in [-0.1, -0.05) is 30.3 Å². The molecule has 3 rings (SSSR count). The Kier molecular flexibility index (Phi) is 5.50. The van der Waals surface area contributed by atoms with Crippen molar-refractivity contribution in [2.75, 3.05) is 7.11 Å². The van der Waals surface area contributed by atoms with Crippen LogP contribution in [0.1, 0.15) is 32.6 Å². The highest BCUT2D eigenvalue weighted by Gasteiger charge is 2.48. The summed E-state index contributed by atoms with van der Waals surface area (Å²) in [7, 11) is 1.10. The molecule has 0 amide bonds. The number of aromatic nitrogens is 2. The Bertz CT molecular complexity index is 966. The van der Waals surface area contributed by atoms with E-state index in [1.54, 1.807) is 30.3 Å². The van der Waals surface area contributed by atoms with Crippen molar-refractivity contribution in [2.45, 2.75) is 24.5 Å². The summed E-state index contributed by atoms with van der Waals surface area (Å²) in [6, 6.07) is 8.06. The molecule has 12 nitrogen and oxygen atoms in total. The number of hydrogen-bond donors (Lipinski definition) is 3. The van der Waals surface area contributed by atoms with E-state index < -0.39 is 47.1 Å². The molecule has 0 radical (unpaired) electrons. The normalized spacial score (nSPS) is 20.2. The molecule has 152 valence electrons. The molecule has 29 heavy (non-hydrogen) atoms. The van der Waals surface area contributed by atoms with Crippen LogP contribution in [0.15, 0.2) is 30.3 Å². The number of nitrogens with zero attached hydrogens (tertiary/aromatic N) is 3. The highest BCUT2D eigenvalue weighted by atomic mass is 16.7. The first-order chi connectivity index (χ1) is 13.8. The average Bonchev–Trinajstić information content (AvgIpc) is 2.74. The first-order valence-corrected chi connectivity index (χ1v) is 8.20. The van der Waals surface area contributed by atoms with E-state index in [2.05, 4.69) is 14.9 Å². The molecular formula is C17H15N3O9. The molecule has 4 atom stereocenters. The number of ether oxygens (including phenoxy) is 2. The molecule has 1 aromatic heterocycles. The van der Waals surface area contributed by atoms with Crippen molar-refractivity contribution in [2.24, 2.45) is 0 Å². The fraction of sp³-hybridized carbons (Fsp3) is 0.294. The lowest BCUT2D eigenvalue weighted by atomic mass is 9.88. The molecule has 2 heterocycles. The minimum Gasteiger partial charge on any atom is -0.464 e. The van der Waals surface area contributed by atoms with Gasteiger partial charge in [-0.05, 0) is 5.56 Å². The van der Waals surface area contributed by atoms with E-state index in [0.717, 1.165) is 7.11 Å². The lowest BCUT2D eigenvalue weighted by molar-refractivity contribution is -0.585. The zero-order valence-corrected chi connectivity index (χ0v) is 14.8. The monoisotopic (exact) mass is 405 g/mol. The van der Waals surface area contributed by atoms with Crippen LogP contribution in [0.5, 0.6) is 0 Å². The van der Waals surface area contributed by atoms with Crippen molar-refractivity contribution >= 4 is 11.9 Å². The van der Waals surface area contributed by atoms with E-state index in [1.165, 1.54) is 0 Å². The number of aliphatic hydroxyl groups is 3. The molecule has 3 N–H and O–H groups in total. The van der Waals surface area contributed by atoms with Crippen LogP contribution >= 0.6 is 0 Å². The van der Waals surface area contributed by atoms with Crippen molar-refractivity contribution in [3.63, 3.8) is 0 Å². The average molecular weight is 405 g/mol. The van der Waals surface area contributed by atoms with Gasteiger partial charge in [-0.3, -0.25) is 10.1 Å². The summed E-state index contributed by atoms with van der Waals surface area (Å²) in [5.41, 5.74) is -0.657. The molecule has 2 aromatic rings. The third-order valence-corrected chi connectivity index (χ3v) is 4.35. The molecular weight excluding hydrogens is 390 g/mol. The van der Waals surface area contributed by atoms with E-state index >= 15 is 0 Å². The van der Waals surface area contributed by atoms with Gasteiger partial charge in [0.25, 0.3) is 0 Å². The van der Waals surface area contributed by atoms with Gasteiger partial charge < -0.3 is 24.8 Å². The molecule has 0 bridgehead atoms. The SMILES string of the molecule is COC(=O)c1nnc2c(c1-c1ccccc1)C(O)C(C(O)C(O)[N+](=O)[O-])OC2=O. The smallest absolute Gasteiger partial charge is 0.359 e. The molecule has 4 unspecified atom stereocenters. The van der Waals surface area contributed by atoms with Gasteiger partial charge in [0.15, 0.2) is 23.6 Å². The van der Waals surface area contributed by atoms with Crippen molar-refractivity contribution in [3.05, 3.63) is 57.4 Å². The Balaban J connectivity index is 2.23. The first-order valence-electron chi connectivity index (χ1n) is 8.20. The van der Waals surface area contributed by atoms with Crippen molar-refractivity contribution in [3.8, 4) is 11.1 Å². The molecule has 12 heteroatoms. The number of fused-ring (bicyclic) bond motifs is 1. The number of hydrogen-bond acceptors (Lipinski definition) is 11. The van der Waals surface area contributed by atoms with Gasteiger partial charge in [-0.25, -0.2) is 9.59 Å². The number of esters is 2. The summed E-state index contributed by atoms with van der Waals surface area (Å²) in [5, 5.41) is 48.4. The molecule has 1 aromatic carbocycles. The zero-order valence-electron chi connectivity index (χ0n) is 14.8. The fourth-order valence-corrected chi connectivity index (χ4v) is 2.98. The first kappa shape index (κ1) is 20.3. The Hall–Kier alpha value is -3.48. The minimum atomic E-state index is -2.53. The second-order valence-corrected chi connectivity index (χ2v) is 6.05. The summed E-state index contributed by atoms with van der Waals surface area (Å²) < 4.78 is 9.53. The van der Waals surface area contributed by atoms with Crippen molar-refractivity contribution in [1.29, 1.82) is 0 Å². The van der Waals surface area contributed by atoms with Crippen LogP contribution in [0.4, 0.5) is 0 Å². The quantitative estimate of drug-likeness (QED) is 0.251. The highest BCUT2D eigenvalue weighted by Crippen LogP contribution is 2.39. The lowest BCUT2D eigenvalue weighted by Crippen LogP contribution is -2.49. The number of cyclic esters (lactones) is 1. The van der Waals surface area contributed by atoms with Gasteiger partial charge in [0.2, 0.25) is 0 Å². The van der Waals surface area contributed by atoms with Gasteiger partial charge in [0.1, 0.15) is 6.10 Å². The van der Waals surface area contributed by atoms with Gasteiger partial charge in [-0.15, -0.1) is 10.2 Å². The standard InChI is InChI=1S/C17H15N3O9/c1-28-16(24)10-8(7-5-3-2-4-6-7)9-11(19-18-10)17(25)29-14(12(9)21)13(22)15(23)20(26)27/h2-6,12-15,21-23H,1H3. The Morgan fingerprint density at radius 2 is 1.93 bits per heavy atom. The van der Waals surface area contributed by atoms with Crippen LogP contribution in [0, 0.1) is 10.1 Å². The van der Waals surface area contributed by atoms with Gasteiger partial charge >= 0.3 is 18.2 Å². The predicted molar refractivity (Wildman–Crippen MR) is 92.0 cm³/mol. The van der Waals surface area contributed by atoms with Gasteiger partial charge in [0.05, 0.1) is 12.0 Å². The Morgan fingerprint density at radius 3 is 2.52 bits per heavy atom. The third kappa shape index (κ3) is 3.51. The van der Waals surface area contributed by atoms with Crippen LogP contribution in [-0.4, -0.2) is 67.9 Å². The van der Waals surface area contributed by atoms with Crippen LogP contribution in [0.25, 0.3) is 11.1 Å². The maximum Gasteiger partial charge on any atom is 0.359 e. The summed E-state index contributed by atoms with van der Waals surface area (Å²) >= 11 is 0. The Labute approximate surface area is 162 Å². The molecule has 0 aliphatic carbocycles. The maximum atomic E-state index is 12.4. The van der Waals surface area contributed by atoms with Crippen LogP contribution < -0.4 is 0 Å². The molecule has 0 fully saturated rings. The second kappa shape index (κ2) is 7.87. The summed E-state index contributed by atoms with van der Waals surface area (Å²) in [6.45, 7) is 0. The number of carbonyl (C=O) groups is 2. The fourth-order valence-electron chi connectivity index (χ4n) is 2.98. The Morgan fingerprint density at radius 1 is 1.28 bits per heavy atom. The van der Waals surface area contributed by atoms with E-state index in [4.69, 9.17) is 4.74 Å². The largest absolute Gasteiger partial charge is 0.464 e. The maximum absolute atomic E-state index is 12.4. The summed E-state index contributed by atoms with van der Waals surface area (Å²) in [4.78, 5) is 34.1. The molecule has 0 saturated heterocycles. The number of carbonyl (C=O) groups excluding carboxylic acids is 2. The highest BCUT2D eigenvalue weighted by molar-refractivity contribution is 6.00. The summed E-state index contributed by atoms with van der Waals surface area (Å²) in [6.07, 6.45) is -8.54. The number of benzene rings is 1. The molecule has 0 spiro atoms. The lowest BCUT2D eigenvalue weighted by Gasteiger charge is -2.32. The van der Waals surface area contributed by atoms with E-state index in [1.807, 2.05) is 0 Å². The minimum absolute atomic E-state index is 0.0145. The predicted octanol–water partition coefficient (Wildman–Crippen LogP) is -0.541. The topological polar surface area (TPSA) is 182 Å². The molecule has 1 aliphatic rings. The van der Waals surface area contributed by atoms with Gasteiger partial charge in [0, 0.05) is 11.1 Å². The number of rotatable bonds is 5. The molecule has 0 saturated carbocycles. The number of methoxy groups -OCH3 is 1. The van der Waals surface area contributed by atoms with E-state index in [0.29, 0.717) is 5.56 Å².